The Morgan fingerprint density at radius 3 is 2.93 bits per heavy atom. The second kappa shape index (κ2) is 3.95. The van der Waals surface area contributed by atoms with E-state index in [0.29, 0.717) is 6.42 Å². The Labute approximate surface area is 93.0 Å². The van der Waals surface area contributed by atoms with Crippen molar-refractivity contribution in [2.24, 2.45) is 5.73 Å². The van der Waals surface area contributed by atoms with Gasteiger partial charge >= 0.3 is 0 Å². The summed E-state index contributed by atoms with van der Waals surface area (Å²) in [5.41, 5.74) is 6.45. The molecule has 15 heavy (non-hydrogen) atoms. The zero-order valence-electron chi connectivity index (χ0n) is 8.20. The second-order valence-corrected chi connectivity index (χ2v) is 3.92. The molecular formula is C11H12ClN3. The zero-order valence-corrected chi connectivity index (χ0v) is 8.96. The number of benzene rings is 1. The van der Waals surface area contributed by atoms with Crippen LogP contribution in [0.3, 0.4) is 0 Å². The molecule has 3 nitrogen and oxygen atoms in total. The number of nitrogens with zero attached hydrogens (tertiary/aromatic N) is 1. The highest BCUT2D eigenvalue weighted by atomic mass is 35.5. The van der Waals surface area contributed by atoms with Gasteiger partial charge in [0, 0.05) is 35.1 Å². The minimum absolute atomic E-state index is 0.214. The number of nitrogens with two attached hydrogens (primary N) is 1. The predicted octanol–water partition coefficient (Wildman–Crippen LogP) is 2.62. The van der Waals surface area contributed by atoms with E-state index in [-0.39, 0.29) is 5.84 Å². The number of aryl methyl sites for hydroxylation is 1. The van der Waals surface area contributed by atoms with E-state index in [9.17, 15) is 0 Å². The van der Waals surface area contributed by atoms with E-state index in [0.717, 1.165) is 22.5 Å². The largest absolute Gasteiger partial charge is 0.388 e. The fraction of sp³-hybridized carbons (Fsp3) is 0.182. The Morgan fingerprint density at radius 1 is 1.40 bits per heavy atom. The maximum Gasteiger partial charge on any atom is 0.0923 e. The molecule has 0 spiro atoms. The normalized spacial score (nSPS) is 10.7. The molecule has 1 aromatic carbocycles. The van der Waals surface area contributed by atoms with Crippen LogP contribution in [0.1, 0.15) is 6.42 Å². The van der Waals surface area contributed by atoms with E-state index in [4.69, 9.17) is 22.7 Å². The Bertz CT molecular complexity index is 502. The molecule has 0 amide bonds. The molecule has 0 aliphatic rings. The number of amidine groups is 1. The smallest absolute Gasteiger partial charge is 0.0923 e. The average molecular weight is 222 g/mol. The predicted molar refractivity (Wildman–Crippen MR) is 63.5 cm³/mol. The van der Waals surface area contributed by atoms with Gasteiger partial charge in [-0.15, -0.1) is 0 Å². The first kappa shape index (κ1) is 10.1. The molecule has 2 aromatic rings. The van der Waals surface area contributed by atoms with Crippen molar-refractivity contribution in [3.8, 4) is 0 Å². The Kier molecular flexibility index (Phi) is 2.64. The zero-order chi connectivity index (χ0) is 10.8. The van der Waals surface area contributed by atoms with E-state index >= 15 is 0 Å². The maximum atomic E-state index is 7.18. The molecule has 0 aliphatic heterocycles. The van der Waals surface area contributed by atoms with E-state index in [1.807, 2.05) is 30.5 Å². The minimum Gasteiger partial charge on any atom is -0.388 e. The monoisotopic (exact) mass is 221 g/mol. The Balaban J connectivity index is 2.32. The van der Waals surface area contributed by atoms with Gasteiger partial charge in [0.05, 0.1) is 5.84 Å². The van der Waals surface area contributed by atoms with Gasteiger partial charge in [0.15, 0.2) is 0 Å². The molecule has 0 saturated carbocycles. The van der Waals surface area contributed by atoms with Crippen molar-refractivity contribution in [3.63, 3.8) is 0 Å². The Morgan fingerprint density at radius 2 is 2.20 bits per heavy atom. The average Bonchev–Trinajstić information content (AvgIpc) is 2.57. The standard InChI is InChI=1S/C11H12ClN3/c12-9-1-2-10-8(7-9)3-5-15(10)6-4-11(13)14/h1-3,5,7H,4,6H2,(H3,13,14). The molecule has 1 aromatic heterocycles. The molecule has 1 heterocycles. The van der Waals surface area contributed by atoms with Gasteiger partial charge in [0.25, 0.3) is 0 Å². The highest BCUT2D eigenvalue weighted by Crippen LogP contribution is 2.20. The lowest BCUT2D eigenvalue weighted by atomic mass is 10.2. The van der Waals surface area contributed by atoms with Crippen LogP contribution >= 0.6 is 11.6 Å². The highest BCUT2D eigenvalue weighted by molar-refractivity contribution is 6.31. The third-order valence-corrected chi connectivity index (χ3v) is 2.59. The summed E-state index contributed by atoms with van der Waals surface area (Å²) in [6.45, 7) is 0.737. The molecule has 0 radical (unpaired) electrons. The number of halogens is 1. The van der Waals surface area contributed by atoms with Crippen LogP contribution in [-0.2, 0) is 6.54 Å². The van der Waals surface area contributed by atoms with Crippen molar-refractivity contribution in [1.29, 1.82) is 5.41 Å². The number of rotatable bonds is 3. The lowest BCUT2D eigenvalue weighted by Gasteiger charge is -2.04. The van der Waals surface area contributed by atoms with Crippen molar-refractivity contribution in [1.82, 2.24) is 4.57 Å². The number of aromatic nitrogens is 1. The third-order valence-electron chi connectivity index (χ3n) is 2.36. The van der Waals surface area contributed by atoms with Crippen LogP contribution in [0.2, 0.25) is 5.02 Å². The summed E-state index contributed by atoms with van der Waals surface area (Å²) < 4.78 is 2.08. The van der Waals surface area contributed by atoms with E-state index in [1.165, 1.54) is 0 Å². The molecule has 0 unspecified atom stereocenters. The molecule has 4 heteroatoms. The quantitative estimate of drug-likeness (QED) is 0.608. The van der Waals surface area contributed by atoms with Gasteiger partial charge in [-0.25, -0.2) is 0 Å². The van der Waals surface area contributed by atoms with Crippen molar-refractivity contribution in [3.05, 3.63) is 35.5 Å². The fourth-order valence-corrected chi connectivity index (χ4v) is 1.79. The second-order valence-electron chi connectivity index (χ2n) is 3.49. The van der Waals surface area contributed by atoms with Crippen LogP contribution in [-0.4, -0.2) is 10.4 Å². The summed E-state index contributed by atoms with van der Waals surface area (Å²) in [5, 5.41) is 9.04. The van der Waals surface area contributed by atoms with Gasteiger partial charge < -0.3 is 10.3 Å². The summed E-state index contributed by atoms with van der Waals surface area (Å²) in [6.07, 6.45) is 2.57. The van der Waals surface area contributed by atoms with Crippen LogP contribution < -0.4 is 5.73 Å². The van der Waals surface area contributed by atoms with Crippen LogP contribution in [0.15, 0.2) is 30.5 Å². The number of hydrogen-bond acceptors (Lipinski definition) is 1. The van der Waals surface area contributed by atoms with Crippen molar-refractivity contribution in [2.45, 2.75) is 13.0 Å². The highest BCUT2D eigenvalue weighted by Gasteiger charge is 2.01. The minimum atomic E-state index is 0.214. The molecule has 0 aliphatic carbocycles. The first-order valence-electron chi connectivity index (χ1n) is 4.74. The Hall–Kier alpha value is -1.48. The fourth-order valence-electron chi connectivity index (χ4n) is 1.61. The van der Waals surface area contributed by atoms with Crippen LogP contribution in [0.25, 0.3) is 10.9 Å². The molecule has 3 N–H and O–H groups in total. The number of nitrogens with one attached hydrogen (secondary N) is 1. The lowest BCUT2D eigenvalue weighted by molar-refractivity contribution is 0.750. The van der Waals surface area contributed by atoms with Crippen LogP contribution in [0.4, 0.5) is 0 Å². The molecule has 0 bridgehead atoms. The van der Waals surface area contributed by atoms with Gasteiger partial charge in [-0.05, 0) is 24.3 Å². The van der Waals surface area contributed by atoms with Crippen molar-refractivity contribution < 1.29 is 0 Å². The first-order chi connectivity index (χ1) is 7.16. The van der Waals surface area contributed by atoms with E-state index in [2.05, 4.69) is 4.57 Å². The number of hydrogen-bond donors (Lipinski definition) is 2. The summed E-state index contributed by atoms with van der Waals surface area (Å²) in [6, 6.07) is 7.80. The molecule has 0 saturated heterocycles. The summed E-state index contributed by atoms with van der Waals surface area (Å²) in [4.78, 5) is 0. The van der Waals surface area contributed by atoms with E-state index in [1.54, 1.807) is 0 Å². The van der Waals surface area contributed by atoms with Crippen LogP contribution in [0, 0.1) is 5.41 Å². The van der Waals surface area contributed by atoms with Gasteiger partial charge in [0.2, 0.25) is 0 Å². The molecular weight excluding hydrogens is 210 g/mol. The molecule has 78 valence electrons. The number of fused-ring (bicyclic) bond motifs is 1. The first-order valence-corrected chi connectivity index (χ1v) is 5.12. The molecule has 0 atom stereocenters. The molecule has 2 rings (SSSR count). The van der Waals surface area contributed by atoms with E-state index < -0.39 is 0 Å². The van der Waals surface area contributed by atoms with Gasteiger partial charge in [0.1, 0.15) is 0 Å². The molecule has 0 fully saturated rings. The van der Waals surface area contributed by atoms with Crippen molar-refractivity contribution in [2.75, 3.05) is 0 Å². The van der Waals surface area contributed by atoms with Gasteiger partial charge in [-0.3, -0.25) is 5.41 Å². The van der Waals surface area contributed by atoms with Gasteiger partial charge in [-0.2, -0.15) is 0 Å². The SMILES string of the molecule is N=C(N)CCn1ccc2cc(Cl)ccc21. The maximum absolute atomic E-state index is 7.18. The summed E-state index contributed by atoms with van der Waals surface area (Å²) in [5.74, 6) is 0.214. The van der Waals surface area contributed by atoms with Gasteiger partial charge in [-0.1, -0.05) is 11.6 Å². The van der Waals surface area contributed by atoms with Crippen molar-refractivity contribution >= 4 is 28.3 Å². The summed E-state index contributed by atoms with van der Waals surface area (Å²) in [7, 11) is 0. The summed E-state index contributed by atoms with van der Waals surface area (Å²) >= 11 is 5.89. The van der Waals surface area contributed by atoms with Crippen LogP contribution in [0.5, 0.6) is 0 Å². The topological polar surface area (TPSA) is 54.8 Å². The third kappa shape index (κ3) is 2.13. The lowest BCUT2D eigenvalue weighted by Crippen LogP contribution is -2.12.